The zero-order chi connectivity index (χ0) is 20.9. The second-order valence-corrected chi connectivity index (χ2v) is 7.97. The highest BCUT2D eigenvalue weighted by Crippen LogP contribution is 2.20. The van der Waals surface area contributed by atoms with Gasteiger partial charge in [0.15, 0.2) is 0 Å². The van der Waals surface area contributed by atoms with Crippen molar-refractivity contribution in [3.05, 3.63) is 65.1 Å². The smallest absolute Gasteiger partial charge is 0.315 e. The number of likely N-dealkylation sites (tertiary alicyclic amines) is 1. The fraction of sp³-hybridized carbons (Fsp3) is 0.318. The first-order valence-electron chi connectivity index (χ1n) is 10.1. The van der Waals surface area contributed by atoms with Crippen LogP contribution in [0.4, 0.5) is 4.79 Å². The number of nitrogens with zero attached hydrogens (tertiary/aromatic N) is 2. The first kappa shape index (κ1) is 20.2. The van der Waals surface area contributed by atoms with E-state index in [0.717, 1.165) is 35.1 Å². The standard InChI is InChI=1S/C22H24ClN5O2/c23-16-6-7-20-15(10-16)11-19(26-20)13-25-22(30)27-18-5-3-9-28(14-18)21(29)12-17-4-1-2-8-24-17/h1-2,4,6-8,10-11,18,26H,3,5,9,12-14H2,(H2,25,27,30)/t18-/m1/s1. The third-order valence-corrected chi connectivity index (χ3v) is 5.48. The monoisotopic (exact) mass is 425 g/mol. The summed E-state index contributed by atoms with van der Waals surface area (Å²) in [5.41, 5.74) is 2.64. The number of piperidine rings is 1. The molecule has 0 radical (unpaired) electrons. The Labute approximate surface area is 179 Å². The van der Waals surface area contributed by atoms with Gasteiger partial charge in [-0.2, -0.15) is 0 Å². The number of halogens is 1. The molecule has 1 aliphatic rings. The van der Waals surface area contributed by atoms with E-state index >= 15 is 0 Å². The lowest BCUT2D eigenvalue weighted by Gasteiger charge is -2.33. The molecule has 0 bridgehead atoms. The number of benzene rings is 1. The number of rotatable bonds is 5. The molecule has 1 saturated heterocycles. The van der Waals surface area contributed by atoms with E-state index in [1.807, 2.05) is 47.4 Å². The van der Waals surface area contributed by atoms with Crippen molar-refractivity contribution < 1.29 is 9.59 Å². The summed E-state index contributed by atoms with van der Waals surface area (Å²) >= 11 is 6.02. The van der Waals surface area contributed by atoms with E-state index in [1.165, 1.54) is 0 Å². The zero-order valence-electron chi connectivity index (χ0n) is 16.5. The van der Waals surface area contributed by atoms with Gasteiger partial charge in [-0.25, -0.2) is 4.79 Å². The molecule has 0 spiro atoms. The molecule has 1 atom stereocenters. The molecule has 30 heavy (non-hydrogen) atoms. The number of urea groups is 1. The topological polar surface area (TPSA) is 90.1 Å². The lowest BCUT2D eigenvalue weighted by Crippen LogP contribution is -2.52. The third kappa shape index (κ3) is 5.10. The number of nitrogens with one attached hydrogen (secondary N) is 3. The average molecular weight is 426 g/mol. The Hall–Kier alpha value is -3.06. The first-order valence-corrected chi connectivity index (χ1v) is 10.4. The Morgan fingerprint density at radius 1 is 1.23 bits per heavy atom. The number of amides is 3. The predicted molar refractivity (Wildman–Crippen MR) is 116 cm³/mol. The van der Waals surface area contributed by atoms with Crippen LogP contribution in [0.2, 0.25) is 5.02 Å². The molecule has 156 valence electrons. The number of pyridine rings is 1. The van der Waals surface area contributed by atoms with Crippen LogP contribution in [0, 0.1) is 0 Å². The number of hydrogen-bond donors (Lipinski definition) is 3. The predicted octanol–water partition coefficient (Wildman–Crippen LogP) is 3.25. The Bertz CT molecular complexity index is 1040. The summed E-state index contributed by atoms with van der Waals surface area (Å²) in [6.07, 6.45) is 3.69. The molecule has 2 aromatic heterocycles. The number of H-pyrrole nitrogens is 1. The summed E-state index contributed by atoms with van der Waals surface area (Å²) in [7, 11) is 0. The van der Waals surface area contributed by atoms with Crippen LogP contribution in [0.3, 0.4) is 0 Å². The molecule has 7 nitrogen and oxygen atoms in total. The molecule has 8 heteroatoms. The SMILES string of the molecule is O=C(NCc1cc2cc(Cl)ccc2[nH]1)N[C@@H]1CCCN(C(=O)Cc2ccccn2)C1. The van der Waals surface area contributed by atoms with E-state index < -0.39 is 0 Å². The Morgan fingerprint density at radius 3 is 2.97 bits per heavy atom. The second-order valence-electron chi connectivity index (χ2n) is 7.53. The van der Waals surface area contributed by atoms with Gasteiger partial charge in [0, 0.05) is 52.6 Å². The normalized spacial score (nSPS) is 16.4. The largest absolute Gasteiger partial charge is 0.357 e. The number of aromatic nitrogens is 2. The molecule has 1 fully saturated rings. The van der Waals surface area contributed by atoms with Crippen molar-refractivity contribution in [3.63, 3.8) is 0 Å². The molecule has 0 aliphatic carbocycles. The van der Waals surface area contributed by atoms with Crippen molar-refractivity contribution in [2.75, 3.05) is 13.1 Å². The molecule has 0 saturated carbocycles. The highest BCUT2D eigenvalue weighted by molar-refractivity contribution is 6.31. The van der Waals surface area contributed by atoms with Crippen molar-refractivity contribution >= 4 is 34.4 Å². The second kappa shape index (κ2) is 9.17. The van der Waals surface area contributed by atoms with Crippen molar-refractivity contribution in [1.82, 2.24) is 25.5 Å². The lowest BCUT2D eigenvalue weighted by atomic mass is 10.1. The highest BCUT2D eigenvalue weighted by Gasteiger charge is 2.25. The minimum atomic E-state index is -0.240. The van der Waals surface area contributed by atoms with Crippen molar-refractivity contribution in [2.24, 2.45) is 0 Å². The van der Waals surface area contributed by atoms with E-state index in [-0.39, 0.29) is 24.4 Å². The van der Waals surface area contributed by atoms with E-state index in [4.69, 9.17) is 11.6 Å². The maximum Gasteiger partial charge on any atom is 0.315 e. The van der Waals surface area contributed by atoms with Gasteiger partial charge in [-0.1, -0.05) is 17.7 Å². The van der Waals surface area contributed by atoms with Gasteiger partial charge in [-0.05, 0) is 49.2 Å². The van der Waals surface area contributed by atoms with E-state index in [2.05, 4.69) is 20.6 Å². The first-order chi connectivity index (χ1) is 14.6. The molecule has 1 aliphatic heterocycles. The van der Waals surface area contributed by atoms with Gasteiger partial charge < -0.3 is 20.5 Å². The van der Waals surface area contributed by atoms with Crippen LogP contribution in [-0.2, 0) is 17.8 Å². The molecule has 3 N–H and O–H groups in total. The van der Waals surface area contributed by atoms with E-state index in [9.17, 15) is 9.59 Å². The molecular formula is C22H24ClN5O2. The van der Waals surface area contributed by atoms with Crippen molar-refractivity contribution in [3.8, 4) is 0 Å². The van der Waals surface area contributed by atoms with Gasteiger partial charge in [0.1, 0.15) is 0 Å². The quantitative estimate of drug-likeness (QED) is 0.586. The van der Waals surface area contributed by atoms with Gasteiger partial charge in [0.25, 0.3) is 0 Å². The minimum absolute atomic E-state index is 0.0392. The van der Waals surface area contributed by atoms with Crippen LogP contribution in [0.15, 0.2) is 48.7 Å². The summed E-state index contributed by atoms with van der Waals surface area (Å²) < 4.78 is 0. The van der Waals surface area contributed by atoms with Crippen LogP contribution < -0.4 is 10.6 Å². The molecule has 0 unspecified atom stereocenters. The molecule has 3 amide bonds. The molecular weight excluding hydrogens is 402 g/mol. The summed E-state index contributed by atoms with van der Waals surface area (Å²) in [5, 5.41) is 7.55. The van der Waals surface area contributed by atoms with Gasteiger partial charge in [-0.3, -0.25) is 9.78 Å². The molecule has 1 aromatic carbocycles. The Kier molecular flexibility index (Phi) is 6.18. The van der Waals surface area contributed by atoms with Gasteiger partial charge in [0.05, 0.1) is 13.0 Å². The lowest BCUT2D eigenvalue weighted by molar-refractivity contribution is -0.131. The van der Waals surface area contributed by atoms with Crippen LogP contribution in [0.1, 0.15) is 24.2 Å². The van der Waals surface area contributed by atoms with Crippen molar-refractivity contribution in [1.29, 1.82) is 0 Å². The maximum absolute atomic E-state index is 12.6. The van der Waals surface area contributed by atoms with E-state index in [1.54, 1.807) is 6.20 Å². The number of carbonyl (C=O) groups is 2. The molecule has 3 heterocycles. The molecule has 3 aromatic rings. The number of carbonyl (C=O) groups excluding carboxylic acids is 2. The summed E-state index contributed by atoms with van der Waals surface area (Å²) in [6, 6.07) is 12.9. The highest BCUT2D eigenvalue weighted by atomic mass is 35.5. The van der Waals surface area contributed by atoms with Crippen LogP contribution >= 0.6 is 11.6 Å². The Balaban J connectivity index is 1.26. The third-order valence-electron chi connectivity index (χ3n) is 5.25. The molecule has 4 rings (SSSR count). The van der Waals surface area contributed by atoms with Gasteiger partial charge in [-0.15, -0.1) is 0 Å². The minimum Gasteiger partial charge on any atom is -0.357 e. The van der Waals surface area contributed by atoms with Gasteiger partial charge in [0.2, 0.25) is 5.91 Å². The number of fused-ring (bicyclic) bond motifs is 1. The average Bonchev–Trinajstić information content (AvgIpc) is 3.15. The van der Waals surface area contributed by atoms with Gasteiger partial charge >= 0.3 is 6.03 Å². The van der Waals surface area contributed by atoms with Crippen LogP contribution in [-0.4, -0.2) is 45.9 Å². The summed E-state index contributed by atoms with van der Waals surface area (Å²) in [5.74, 6) is 0.0392. The Morgan fingerprint density at radius 2 is 2.13 bits per heavy atom. The van der Waals surface area contributed by atoms with Crippen LogP contribution in [0.25, 0.3) is 10.9 Å². The fourth-order valence-electron chi connectivity index (χ4n) is 3.76. The summed E-state index contributed by atoms with van der Waals surface area (Å²) in [4.78, 5) is 34.2. The van der Waals surface area contributed by atoms with E-state index in [0.29, 0.717) is 24.7 Å². The zero-order valence-corrected chi connectivity index (χ0v) is 17.3. The fourth-order valence-corrected chi connectivity index (χ4v) is 3.94. The number of aromatic amines is 1. The summed E-state index contributed by atoms with van der Waals surface area (Å²) in [6.45, 7) is 1.61. The maximum atomic E-state index is 12.6. The van der Waals surface area contributed by atoms with Crippen LogP contribution in [0.5, 0.6) is 0 Å². The number of hydrogen-bond acceptors (Lipinski definition) is 3. The van der Waals surface area contributed by atoms with Crippen molar-refractivity contribution in [2.45, 2.75) is 31.8 Å².